The van der Waals surface area contributed by atoms with Gasteiger partial charge in [0.2, 0.25) is 0 Å². The van der Waals surface area contributed by atoms with E-state index in [1.54, 1.807) is 0 Å². The molecular formula is C19H12F16O3. The molecule has 0 heterocycles. The number of allylic oxidation sites excluding steroid dienone is 1. The first-order valence-corrected chi connectivity index (χ1v) is 9.36. The molecule has 0 N–H and O–H groups in total. The van der Waals surface area contributed by atoms with Crippen molar-refractivity contribution < 1.29 is 84.5 Å². The van der Waals surface area contributed by atoms with Crippen molar-refractivity contribution in [3.05, 3.63) is 35.7 Å². The molecule has 1 rings (SSSR count). The molecule has 38 heavy (non-hydrogen) atoms. The second-order valence-corrected chi connectivity index (χ2v) is 7.08. The fourth-order valence-electron chi connectivity index (χ4n) is 2.56. The Hall–Kier alpha value is -2.89. The summed E-state index contributed by atoms with van der Waals surface area (Å²) >= 11 is 0. The monoisotopic (exact) mass is 592 g/mol. The van der Waals surface area contributed by atoms with Gasteiger partial charge in [-0.25, -0.2) is 9.18 Å². The fourth-order valence-corrected chi connectivity index (χ4v) is 2.56. The van der Waals surface area contributed by atoms with Crippen LogP contribution in [0.1, 0.15) is 12.5 Å². The highest BCUT2D eigenvalue weighted by Gasteiger charge is 2.93. The largest absolute Gasteiger partial charge is 0.497 e. The number of hydrogen-bond donors (Lipinski definition) is 0. The van der Waals surface area contributed by atoms with Crippen LogP contribution in [0, 0.1) is 0 Å². The average Bonchev–Trinajstić information content (AvgIpc) is 2.78. The minimum absolute atomic E-state index is 0.159. The quantitative estimate of drug-likeness (QED) is 0.163. The highest BCUT2D eigenvalue weighted by atomic mass is 19.4. The molecule has 0 fully saturated rings. The molecule has 0 aliphatic rings. The van der Waals surface area contributed by atoms with Crippen molar-refractivity contribution >= 4 is 11.5 Å². The van der Waals surface area contributed by atoms with E-state index < -0.39 is 71.3 Å². The van der Waals surface area contributed by atoms with Crippen LogP contribution in [0.4, 0.5) is 70.2 Å². The fraction of sp³-hybridized carbons (Fsp3) is 0.526. The summed E-state index contributed by atoms with van der Waals surface area (Å²) in [6.45, 7) is 0.118. The molecule has 0 amide bonds. The molecule has 0 aliphatic heterocycles. The summed E-state index contributed by atoms with van der Waals surface area (Å²) in [5, 5.41) is 0. The summed E-state index contributed by atoms with van der Waals surface area (Å²) in [6, 6.07) is 2.43. The number of alkyl halides is 15. The van der Waals surface area contributed by atoms with Gasteiger partial charge in [0, 0.05) is 0 Å². The molecule has 0 aliphatic carbocycles. The highest BCUT2D eigenvalue weighted by molar-refractivity contribution is 6.17. The third-order valence-corrected chi connectivity index (χ3v) is 4.68. The van der Waals surface area contributed by atoms with Gasteiger partial charge in [0.05, 0.1) is 13.7 Å². The van der Waals surface area contributed by atoms with Gasteiger partial charge in [-0.2, -0.15) is 65.9 Å². The maximum atomic E-state index is 14.6. The molecule has 0 aromatic heterocycles. The number of ether oxygens (including phenoxy) is 2. The summed E-state index contributed by atoms with van der Waals surface area (Å²) in [7, 11) is 1.02. The maximum absolute atomic E-state index is 14.6. The topological polar surface area (TPSA) is 35.5 Å². The summed E-state index contributed by atoms with van der Waals surface area (Å²) in [5.41, 5.74) is -3.52. The Labute approximate surface area is 201 Å². The van der Waals surface area contributed by atoms with Gasteiger partial charge in [0.25, 0.3) is 0 Å². The molecule has 0 bridgehead atoms. The van der Waals surface area contributed by atoms with Crippen LogP contribution in [-0.4, -0.2) is 61.4 Å². The highest BCUT2D eigenvalue weighted by Crippen LogP contribution is 2.63. The van der Waals surface area contributed by atoms with Crippen molar-refractivity contribution in [2.75, 3.05) is 13.7 Å². The molecule has 0 spiro atoms. The molecule has 0 atom stereocenters. The van der Waals surface area contributed by atoms with E-state index in [0.29, 0.717) is 12.1 Å². The van der Waals surface area contributed by atoms with Crippen LogP contribution in [0.3, 0.4) is 0 Å². The molecule has 0 saturated carbocycles. The van der Waals surface area contributed by atoms with Gasteiger partial charge in [-0.05, 0) is 24.6 Å². The van der Waals surface area contributed by atoms with Crippen LogP contribution >= 0.6 is 0 Å². The van der Waals surface area contributed by atoms with Gasteiger partial charge in [0.1, 0.15) is 11.3 Å². The summed E-state index contributed by atoms with van der Waals surface area (Å²) in [6.07, 6.45) is -7.77. The van der Waals surface area contributed by atoms with Crippen LogP contribution in [-0.2, 0) is 9.53 Å². The van der Waals surface area contributed by atoms with E-state index in [2.05, 4.69) is 9.47 Å². The van der Waals surface area contributed by atoms with Gasteiger partial charge < -0.3 is 9.47 Å². The summed E-state index contributed by atoms with van der Waals surface area (Å²) in [4.78, 5) is 12.0. The van der Waals surface area contributed by atoms with Crippen molar-refractivity contribution in [2.24, 2.45) is 0 Å². The molecule has 1 aromatic carbocycles. The molecule has 0 radical (unpaired) electrons. The smallest absolute Gasteiger partial charge is 0.460 e. The number of carbonyl (C=O) groups is 1. The Morgan fingerprint density at radius 3 is 1.45 bits per heavy atom. The van der Waals surface area contributed by atoms with Gasteiger partial charge >= 0.3 is 47.7 Å². The normalized spacial score (nSPS) is 15.2. The number of esters is 1. The number of benzene rings is 1. The summed E-state index contributed by atoms with van der Waals surface area (Å²) < 4.78 is 224. The number of rotatable bonds is 10. The van der Waals surface area contributed by atoms with Crippen LogP contribution < -0.4 is 4.74 Å². The molecule has 0 saturated heterocycles. The minimum Gasteiger partial charge on any atom is -0.497 e. The van der Waals surface area contributed by atoms with Crippen molar-refractivity contribution in [3.63, 3.8) is 0 Å². The lowest BCUT2D eigenvalue weighted by Gasteiger charge is -2.41. The molecule has 1 aromatic rings. The Balaban J connectivity index is 3.90. The van der Waals surface area contributed by atoms with Crippen LogP contribution in [0.25, 0.3) is 5.57 Å². The van der Waals surface area contributed by atoms with E-state index in [9.17, 15) is 75.0 Å². The van der Waals surface area contributed by atoms with E-state index >= 15 is 0 Å². The van der Waals surface area contributed by atoms with Crippen molar-refractivity contribution in [1.82, 2.24) is 0 Å². The summed E-state index contributed by atoms with van der Waals surface area (Å²) in [5.74, 6) is -55.9. The number of halogens is 16. The van der Waals surface area contributed by atoms with E-state index in [4.69, 9.17) is 0 Å². The third-order valence-electron chi connectivity index (χ3n) is 4.68. The first-order valence-electron chi connectivity index (χ1n) is 9.36. The van der Waals surface area contributed by atoms with E-state index in [1.807, 2.05) is 0 Å². The Kier molecular flexibility index (Phi) is 8.73. The van der Waals surface area contributed by atoms with Crippen LogP contribution in [0.5, 0.6) is 5.75 Å². The van der Waals surface area contributed by atoms with E-state index in [0.717, 1.165) is 26.2 Å². The number of carbonyl (C=O) groups excluding carboxylic acids is 1. The minimum atomic E-state index is -8.60. The van der Waals surface area contributed by atoms with Gasteiger partial charge in [-0.1, -0.05) is 12.1 Å². The Bertz CT molecular complexity index is 1040. The maximum Gasteiger partial charge on any atom is 0.460 e. The number of hydrogen-bond acceptors (Lipinski definition) is 3. The Morgan fingerprint density at radius 1 is 0.684 bits per heavy atom. The van der Waals surface area contributed by atoms with Crippen molar-refractivity contribution in [1.29, 1.82) is 0 Å². The second-order valence-electron chi connectivity index (χ2n) is 7.08. The van der Waals surface area contributed by atoms with Crippen LogP contribution in [0.15, 0.2) is 30.1 Å². The zero-order chi connectivity index (χ0) is 30.3. The Morgan fingerprint density at radius 2 is 1.08 bits per heavy atom. The van der Waals surface area contributed by atoms with Gasteiger partial charge in [-0.15, -0.1) is 0 Å². The third kappa shape index (κ3) is 4.83. The SMILES string of the molecule is CCOC(=O)/C(=C(\F)C(F)(F)C(F)(F)C(F)(F)C(F)(F)C(F)(F)C(F)(F)C(F)(F)F)c1ccc(OC)cc1. The van der Waals surface area contributed by atoms with Gasteiger partial charge in [0.15, 0.2) is 5.83 Å². The lowest BCUT2D eigenvalue weighted by Crippen LogP contribution is -2.72. The molecular weight excluding hydrogens is 580 g/mol. The van der Waals surface area contributed by atoms with Crippen molar-refractivity contribution in [3.8, 4) is 5.75 Å². The lowest BCUT2D eigenvalue weighted by atomic mass is 9.89. The number of methoxy groups -OCH3 is 1. The van der Waals surface area contributed by atoms with Gasteiger partial charge in [-0.3, -0.25) is 0 Å². The zero-order valence-corrected chi connectivity index (χ0v) is 18.3. The predicted octanol–water partition coefficient (Wildman–Crippen LogP) is 7.31. The van der Waals surface area contributed by atoms with Crippen LogP contribution in [0.2, 0.25) is 0 Å². The van der Waals surface area contributed by atoms with Crippen molar-refractivity contribution in [2.45, 2.75) is 48.6 Å². The first-order chi connectivity index (χ1) is 16.8. The van der Waals surface area contributed by atoms with E-state index in [-0.39, 0.29) is 5.75 Å². The molecule has 19 heteroatoms. The van der Waals surface area contributed by atoms with E-state index in [1.165, 1.54) is 0 Å². The molecule has 3 nitrogen and oxygen atoms in total. The average molecular weight is 592 g/mol. The molecule has 218 valence electrons. The second kappa shape index (κ2) is 10.0. The first kappa shape index (κ1) is 33.1. The predicted molar refractivity (Wildman–Crippen MR) is 93.4 cm³/mol. The molecule has 0 unspecified atom stereocenters. The standard InChI is InChI=1S/C19H12F16O3/c1-3-38-12(36)10(8-4-6-9(37-2)7-5-8)11(20)13(21,22)14(23,24)15(25,26)16(27,28)17(29,30)18(31,32)19(33,34)35/h4-7H,3H2,1-2H3/b11-10-. The zero-order valence-electron chi connectivity index (χ0n) is 18.3. The lowest BCUT2D eigenvalue weighted by molar-refractivity contribution is -0.450.